The first-order valence-electron chi connectivity index (χ1n) is 9.60. The molecule has 3 rings (SSSR count). The van der Waals surface area contributed by atoms with Gasteiger partial charge in [0.2, 0.25) is 5.91 Å². The smallest absolute Gasteiger partial charge is 0.233 e. The summed E-state index contributed by atoms with van der Waals surface area (Å²) in [6, 6.07) is 9.97. The molecule has 1 atom stereocenters. The number of rotatable bonds is 8. The Hall–Kier alpha value is -1.80. The first kappa shape index (κ1) is 20.9. The van der Waals surface area contributed by atoms with Gasteiger partial charge in [-0.05, 0) is 25.3 Å². The summed E-state index contributed by atoms with van der Waals surface area (Å²) in [4.78, 5) is 22.4. The van der Waals surface area contributed by atoms with Gasteiger partial charge in [-0.15, -0.1) is 0 Å². The molecule has 1 aliphatic rings. The van der Waals surface area contributed by atoms with Gasteiger partial charge in [0.25, 0.3) is 0 Å². The average molecular weight is 422 g/mol. The van der Waals surface area contributed by atoms with Crippen molar-refractivity contribution in [2.24, 2.45) is 0 Å². The van der Waals surface area contributed by atoms with Crippen LogP contribution in [0.2, 0.25) is 0 Å². The van der Waals surface area contributed by atoms with Crippen LogP contribution in [0.4, 0.5) is 0 Å². The van der Waals surface area contributed by atoms with E-state index in [9.17, 15) is 13.2 Å². The quantitative estimate of drug-likeness (QED) is 0.663. The van der Waals surface area contributed by atoms with Gasteiger partial charge in [-0.1, -0.05) is 49.0 Å². The van der Waals surface area contributed by atoms with E-state index in [2.05, 4.69) is 22.1 Å². The fourth-order valence-electron chi connectivity index (χ4n) is 3.48. The lowest BCUT2D eigenvalue weighted by molar-refractivity contribution is -0.130. The normalized spacial score (nSPS) is 18.3. The molecule has 0 saturated carbocycles. The van der Waals surface area contributed by atoms with Crippen LogP contribution in [0, 0.1) is 6.92 Å². The number of nitrogens with one attached hydrogen (secondary N) is 1. The monoisotopic (exact) mass is 421 g/mol. The van der Waals surface area contributed by atoms with Gasteiger partial charge in [0.15, 0.2) is 15.0 Å². The van der Waals surface area contributed by atoms with Gasteiger partial charge in [0.05, 0.1) is 23.0 Å². The molecule has 28 heavy (non-hydrogen) atoms. The number of carbonyl (C=O) groups excluding carboxylic acids is 1. The van der Waals surface area contributed by atoms with Crippen LogP contribution in [0.15, 0.2) is 35.5 Å². The number of hydrogen-bond acceptors (Lipinski definition) is 5. The zero-order valence-corrected chi connectivity index (χ0v) is 18.0. The highest BCUT2D eigenvalue weighted by Gasteiger charge is 2.34. The van der Waals surface area contributed by atoms with Crippen molar-refractivity contribution in [1.82, 2.24) is 14.9 Å². The molecule has 1 aromatic heterocycles. The van der Waals surface area contributed by atoms with Gasteiger partial charge in [-0.2, -0.15) is 0 Å². The molecule has 2 heterocycles. The van der Waals surface area contributed by atoms with Crippen molar-refractivity contribution >= 4 is 27.5 Å². The predicted octanol–water partition coefficient (Wildman–Crippen LogP) is 2.83. The maximum atomic E-state index is 12.8. The number of hydrogen-bond donors (Lipinski definition) is 1. The number of thioether (sulfide) groups is 1. The van der Waals surface area contributed by atoms with Gasteiger partial charge >= 0.3 is 0 Å². The Balaban J connectivity index is 1.61. The Bertz CT molecular complexity index is 910. The van der Waals surface area contributed by atoms with Gasteiger partial charge < -0.3 is 9.88 Å². The second kappa shape index (κ2) is 9.13. The van der Waals surface area contributed by atoms with E-state index in [4.69, 9.17) is 0 Å². The highest BCUT2D eigenvalue weighted by atomic mass is 32.2. The molecule has 1 fully saturated rings. The van der Waals surface area contributed by atoms with Crippen LogP contribution < -0.4 is 0 Å². The van der Waals surface area contributed by atoms with Gasteiger partial charge in [0.1, 0.15) is 0 Å². The number of imidazole rings is 1. The molecule has 1 N–H and O–H groups in total. The topological polar surface area (TPSA) is 83.1 Å². The van der Waals surface area contributed by atoms with Gasteiger partial charge in [-0.3, -0.25) is 4.79 Å². The van der Waals surface area contributed by atoms with E-state index >= 15 is 0 Å². The van der Waals surface area contributed by atoms with Crippen molar-refractivity contribution in [1.29, 1.82) is 0 Å². The van der Waals surface area contributed by atoms with Gasteiger partial charge in [0, 0.05) is 24.7 Å². The largest absolute Gasteiger partial charge is 0.338 e. The molecule has 6 nitrogen and oxygen atoms in total. The second-order valence-corrected chi connectivity index (χ2v) is 10.4. The molecule has 1 aromatic carbocycles. The third kappa shape index (κ3) is 5.38. The van der Waals surface area contributed by atoms with Crippen molar-refractivity contribution in [3.8, 4) is 0 Å². The number of sulfone groups is 1. The molecular formula is C20H27N3O3S2. The first-order valence-corrected chi connectivity index (χ1v) is 12.4. The number of aryl methyl sites for hydroxylation is 1. The van der Waals surface area contributed by atoms with Crippen LogP contribution in [0.1, 0.15) is 36.7 Å². The van der Waals surface area contributed by atoms with Crippen molar-refractivity contribution in [2.75, 3.05) is 23.8 Å². The van der Waals surface area contributed by atoms with E-state index in [1.54, 1.807) is 4.90 Å². The highest BCUT2D eigenvalue weighted by molar-refractivity contribution is 7.99. The van der Waals surface area contributed by atoms with Crippen LogP contribution in [0.5, 0.6) is 0 Å². The lowest BCUT2D eigenvalue weighted by Gasteiger charge is -2.27. The highest BCUT2D eigenvalue weighted by Crippen LogP contribution is 2.22. The number of nitrogens with zero attached hydrogens (tertiary/aromatic N) is 2. The number of H-pyrrole nitrogens is 1. The van der Waals surface area contributed by atoms with E-state index < -0.39 is 9.84 Å². The Morgan fingerprint density at radius 3 is 2.71 bits per heavy atom. The number of carbonyl (C=O) groups is 1. The third-order valence-corrected chi connectivity index (χ3v) is 7.55. The minimum Gasteiger partial charge on any atom is -0.338 e. The molecule has 152 valence electrons. The standard InChI is InChI=1S/C20H27N3O3S2/c1-3-10-23(17-9-11-28(25,26)14-17)19(24)13-27-20-21-15(2)18(22-20)12-16-7-5-4-6-8-16/h4-8,17H,3,9-14H2,1-2H3,(H,21,22). The Morgan fingerprint density at radius 2 is 2.07 bits per heavy atom. The van der Waals surface area contributed by atoms with E-state index in [-0.39, 0.29) is 29.2 Å². The Labute approximate surface area is 171 Å². The molecule has 0 spiro atoms. The van der Waals surface area contributed by atoms with Crippen LogP contribution in [-0.4, -0.2) is 59.0 Å². The second-order valence-electron chi connectivity index (χ2n) is 7.21. The molecule has 0 radical (unpaired) electrons. The molecule has 2 aromatic rings. The summed E-state index contributed by atoms with van der Waals surface area (Å²) in [5.74, 6) is 0.504. The molecule has 8 heteroatoms. The Kier molecular flexibility index (Phi) is 6.82. The molecular weight excluding hydrogens is 394 g/mol. The Morgan fingerprint density at radius 1 is 1.32 bits per heavy atom. The maximum Gasteiger partial charge on any atom is 0.233 e. The SMILES string of the molecule is CCCN(C(=O)CSc1nc(Cc2ccccc2)c(C)[nH]1)C1CCS(=O)(=O)C1. The van der Waals surface area contributed by atoms with Crippen LogP contribution in [0.3, 0.4) is 0 Å². The van der Waals surface area contributed by atoms with E-state index in [1.165, 1.54) is 17.3 Å². The number of benzene rings is 1. The fraction of sp³-hybridized carbons (Fsp3) is 0.500. The zero-order valence-electron chi connectivity index (χ0n) is 16.3. The number of amides is 1. The summed E-state index contributed by atoms with van der Waals surface area (Å²) in [6.07, 6.45) is 2.10. The van der Waals surface area contributed by atoms with Crippen LogP contribution in [0.25, 0.3) is 0 Å². The van der Waals surface area contributed by atoms with Crippen molar-refractivity contribution < 1.29 is 13.2 Å². The summed E-state index contributed by atoms with van der Waals surface area (Å²) >= 11 is 1.38. The fourth-order valence-corrected chi connectivity index (χ4v) is 6.04. The lowest BCUT2D eigenvalue weighted by atomic mass is 10.1. The molecule has 0 bridgehead atoms. The molecule has 1 aliphatic heterocycles. The van der Waals surface area contributed by atoms with Gasteiger partial charge in [-0.25, -0.2) is 13.4 Å². The zero-order chi connectivity index (χ0) is 20.1. The summed E-state index contributed by atoms with van der Waals surface area (Å²) in [5.41, 5.74) is 3.18. The number of aromatic amines is 1. The average Bonchev–Trinajstić information content (AvgIpc) is 3.20. The molecule has 0 aliphatic carbocycles. The van der Waals surface area contributed by atoms with Crippen molar-refractivity contribution in [2.45, 2.75) is 44.3 Å². The molecule has 1 saturated heterocycles. The third-order valence-electron chi connectivity index (χ3n) is 4.94. The summed E-state index contributed by atoms with van der Waals surface area (Å²) in [5, 5.41) is 0.729. The first-order chi connectivity index (χ1) is 13.4. The van der Waals surface area contributed by atoms with E-state index in [0.29, 0.717) is 13.0 Å². The number of aromatic nitrogens is 2. The molecule has 1 amide bonds. The van der Waals surface area contributed by atoms with E-state index in [1.807, 2.05) is 32.0 Å². The van der Waals surface area contributed by atoms with Crippen LogP contribution in [-0.2, 0) is 21.1 Å². The minimum absolute atomic E-state index is 0.0207. The maximum absolute atomic E-state index is 12.8. The van der Waals surface area contributed by atoms with Crippen molar-refractivity contribution in [3.63, 3.8) is 0 Å². The lowest BCUT2D eigenvalue weighted by Crippen LogP contribution is -2.42. The van der Waals surface area contributed by atoms with E-state index in [0.717, 1.165) is 29.4 Å². The summed E-state index contributed by atoms with van der Waals surface area (Å²) in [7, 11) is -3.01. The summed E-state index contributed by atoms with van der Waals surface area (Å²) in [6.45, 7) is 4.59. The van der Waals surface area contributed by atoms with Crippen LogP contribution >= 0.6 is 11.8 Å². The molecule has 1 unspecified atom stereocenters. The summed E-state index contributed by atoms with van der Waals surface area (Å²) < 4.78 is 23.6. The minimum atomic E-state index is -3.01. The predicted molar refractivity (Wildman–Crippen MR) is 112 cm³/mol. The van der Waals surface area contributed by atoms with Crippen molar-refractivity contribution in [3.05, 3.63) is 47.3 Å².